The van der Waals surface area contributed by atoms with Crippen molar-refractivity contribution in [3.05, 3.63) is 59.2 Å². The number of rotatable bonds is 9. The first-order valence-electron chi connectivity index (χ1n) is 14.4. The van der Waals surface area contributed by atoms with Crippen molar-refractivity contribution < 1.29 is 24.1 Å². The fraction of sp³-hybridized carbons (Fsp3) is 0.625. The molecule has 0 amide bonds. The van der Waals surface area contributed by atoms with E-state index in [0.717, 1.165) is 36.8 Å². The third-order valence-corrected chi connectivity index (χ3v) is 10.8. The SMILES string of the molecule is COc1ccc2c3c1O[C@H]1C(OC)[C@](C)(CO)[C@H](COCc4ccccc4)C4[C@@H](C2)N(CC2CC2)CC[C@@]341. The molecule has 2 aliphatic heterocycles. The maximum Gasteiger partial charge on any atom is 0.165 e. The molecule has 7 atom stereocenters. The summed E-state index contributed by atoms with van der Waals surface area (Å²) in [5, 5.41) is 11.1. The molecule has 2 unspecified atom stereocenters. The number of piperidine rings is 1. The van der Waals surface area contributed by atoms with Gasteiger partial charge >= 0.3 is 0 Å². The molecule has 1 spiro atoms. The topological polar surface area (TPSA) is 60.4 Å². The molecule has 6 nitrogen and oxygen atoms in total. The zero-order valence-electron chi connectivity index (χ0n) is 22.9. The third-order valence-electron chi connectivity index (χ3n) is 10.8. The summed E-state index contributed by atoms with van der Waals surface area (Å²) in [6.45, 7) is 5.66. The van der Waals surface area contributed by atoms with Gasteiger partial charge in [0.1, 0.15) is 12.2 Å². The van der Waals surface area contributed by atoms with Crippen molar-refractivity contribution in [3.8, 4) is 11.5 Å². The predicted molar refractivity (Wildman–Crippen MR) is 145 cm³/mol. The summed E-state index contributed by atoms with van der Waals surface area (Å²) >= 11 is 0. The first-order valence-corrected chi connectivity index (χ1v) is 14.4. The van der Waals surface area contributed by atoms with Crippen LogP contribution in [0.15, 0.2) is 42.5 Å². The minimum atomic E-state index is -0.502. The van der Waals surface area contributed by atoms with Crippen LogP contribution in [0.3, 0.4) is 0 Å². The van der Waals surface area contributed by atoms with Crippen LogP contribution in [0.1, 0.15) is 42.9 Å². The molecule has 7 rings (SSSR count). The van der Waals surface area contributed by atoms with E-state index in [9.17, 15) is 5.11 Å². The molecule has 204 valence electrons. The number of likely N-dealkylation sites (tertiary alicyclic amines) is 1. The molecule has 6 heteroatoms. The summed E-state index contributed by atoms with van der Waals surface area (Å²) in [7, 11) is 3.51. The van der Waals surface area contributed by atoms with E-state index < -0.39 is 5.41 Å². The fourth-order valence-electron chi connectivity index (χ4n) is 8.83. The number of methoxy groups -OCH3 is 2. The Labute approximate surface area is 226 Å². The van der Waals surface area contributed by atoms with E-state index in [2.05, 4.69) is 48.2 Å². The first-order chi connectivity index (χ1) is 18.5. The van der Waals surface area contributed by atoms with E-state index >= 15 is 0 Å². The fourth-order valence-corrected chi connectivity index (χ4v) is 8.83. The Hall–Kier alpha value is -2.12. The Morgan fingerprint density at radius 1 is 1.11 bits per heavy atom. The van der Waals surface area contributed by atoms with Gasteiger partial charge in [0.05, 0.1) is 26.9 Å². The Morgan fingerprint density at radius 3 is 2.63 bits per heavy atom. The third kappa shape index (κ3) is 3.46. The van der Waals surface area contributed by atoms with Gasteiger partial charge in [-0.2, -0.15) is 0 Å². The number of benzene rings is 2. The maximum absolute atomic E-state index is 11.1. The van der Waals surface area contributed by atoms with Crippen LogP contribution in [0.4, 0.5) is 0 Å². The van der Waals surface area contributed by atoms with E-state index in [1.54, 1.807) is 14.2 Å². The highest BCUT2D eigenvalue weighted by molar-refractivity contribution is 5.61. The number of hydrogen-bond donors (Lipinski definition) is 1. The van der Waals surface area contributed by atoms with Crippen molar-refractivity contribution in [1.29, 1.82) is 0 Å². The van der Waals surface area contributed by atoms with Crippen LogP contribution in [0, 0.1) is 23.2 Å². The lowest BCUT2D eigenvalue weighted by molar-refractivity contribution is -0.225. The minimum Gasteiger partial charge on any atom is -0.493 e. The molecule has 3 aliphatic carbocycles. The predicted octanol–water partition coefficient (Wildman–Crippen LogP) is 4.21. The van der Waals surface area contributed by atoms with Gasteiger partial charge < -0.3 is 24.1 Å². The second-order valence-corrected chi connectivity index (χ2v) is 12.6. The highest BCUT2D eigenvalue weighted by Crippen LogP contribution is 2.68. The highest BCUT2D eigenvalue weighted by Gasteiger charge is 2.73. The number of hydrogen-bond acceptors (Lipinski definition) is 6. The Bertz CT molecular complexity index is 1180. The lowest BCUT2D eigenvalue weighted by Gasteiger charge is -2.66. The number of aliphatic hydroxyl groups excluding tert-OH is 1. The summed E-state index contributed by atoms with van der Waals surface area (Å²) in [5.74, 6) is 2.98. The van der Waals surface area contributed by atoms with Crippen molar-refractivity contribution in [3.63, 3.8) is 0 Å². The standard InChI is InChI=1S/C32H41NO5/c1-31(19-34)23(18-37-17-21-7-5-4-6-8-21)27-24-15-22-11-12-25(35-2)28-26(22)32(27,30(38-28)29(31)36-3)13-14-33(24)16-20-9-10-20/h4-8,11-12,20,23-24,27,29-30,34H,9-10,13-19H2,1-3H3/t23-,24-,27?,29?,30+,31-,32-/m1/s1. The van der Waals surface area contributed by atoms with Gasteiger partial charge in [-0.3, -0.25) is 4.90 Å². The van der Waals surface area contributed by atoms with Gasteiger partial charge in [0.15, 0.2) is 11.5 Å². The lowest BCUT2D eigenvalue weighted by atomic mass is 9.43. The van der Waals surface area contributed by atoms with E-state index in [1.807, 2.05) is 6.07 Å². The van der Waals surface area contributed by atoms with Gasteiger partial charge in [0.25, 0.3) is 0 Å². The van der Waals surface area contributed by atoms with Crippen molar-refractivity contribution in [2.45, 2.75) is 62.9 Å². The molecule has 38 heavy (non-hydrogen) atoms. The minimum absolute atomic E-state index is 0.0347. The molecular weight excluding hydrogens is 478 g/mol. The molecule has 0 radical (unpaired) electrons. The molecule has 2 heterocycles. The molecule has 2 aromatic carbocycles. The Balaban J connectivity index is 1.35. The van der Waals surface area contributed by atoms with E-state index in [1.165, 1.54) is 36.1 Å². The van der Waals surface area contributed by atoms with Crippen LogP contribution < -0.4 is 9.47 Å². The van der Waals surface area contributed by atoms with Crippen LogP contribution in [0.2, 0.25) is 0 Å². The van der Waals surface area contributed by atoms with Gasteiger partial charge in [0, 0.05) is 36.1 Å². The van der Waals surface area contributed by atoms with Gasteiger partial charge in [-0.25, -0.2) is 0 Å². The van der Waals surface area contributed by atoms with Gasteiger partial charge in [-0.1, -0.05) is 43.3 Å². The van der Waals surface area contributed by atoms with E-state index in [0.29, 0.717) is 25.2 Å². The number of ether oxygens (including phenoxy) is 4. The van der Waals surface area contributed by atoms with E-state index in [4.69, 9.17) is 18.9 Å². The summed E-state index contributed by atoms with van der Waals surface area (Å²) in [4.78, 5) is 2.78. The molecule has 2 saturated carbocycles. The highest BCUT2D eigenvalue weighted by atomic mass is 16.6. The van der Waals surface area contributed by atoms with Crippen molar-refractivity contribution >= 4 is 0 Å². The molecule has 1 N–H and O–H groups in total. The normalized spacial score (nSPS) is 37.0. The molecule has 1 saturated heterocycles. The van der Waals surface area contributed by atoms with Gasteiger partial charge in [-0.05, 0) is 67.2 Å². The summed E-state index contributed by atoms with van der Waals surface area (Å²) in [6.07, 6.45) is 4.34. The van der Waals surface area contributed by atoms with Crippen LogP contribution in [-0.2, 0) is 27.9 Å². The first kappa shape index (κ1) is 24.9. The van der Waals surface area contributed by atoms with Gasteiger partial charge in [0.2, 0.25) is 0 Å². The summed E-state index contributed by atoms with van der Waals surface area (Å²) < 4.78 is 25.6. The molecule has 2 bridgehead atoms. The van der Waals surface area contributed by atoms with Crippen molar-refractivity contribution in [1.82, 2.24) is 4.90 Å². The van der Waals surface area contributed by atoms with Crippen LogP contribution in [-0.4, -0.2) is 68.8 Å². The van der Waals surface area contributed by atoms with Gasteiger partial charge in [-0.15, -0.1) is 0 Å². The summed E-state index contributed by atoms with van der Waals surface area (Å²) in [6, 6.07) is 15.1. The van der Waals surface area contributed by atoms with E-state index in [-0.39, 0.29) is 30.1 Å². The molecule has 3 fully saturated rings. The number of nitrogens with zero attached hydrogens (tertiary/aromatic N) is 1. The lowest BCUT2D eigenvalue weighted by Crippen LogP contribution is -2.75. The number of aliphatic hydroxyl groups is 1. The van der Waals surface area contributed by atoms with Crippen LogP contribution >= 0.6 is 0 Å². The molecule has 5 aliphatic rings. The smallest absolute Gasteiger partial charge is 0.165 e. The Morgan fingerprint density at radius 2 is 1.92 bits per heavy atom. The average molecular weight is 520 g/mol. The molecule has 0 aromatic heterocycles. The Kier molecular flexibility index (Phi) is 6.04. The monoisotopic (exact) mass is 519 g/mol. The van der Waals surface area contributed by atoms with Crippen LogP contribution in [0.25, 0.3) is 0 Å². The average Bonchev–Trinajstić information content (AvgIpc) is 3.70. The van der Waals surface area contributed by atoms with Crippen molar-refractivity contribution in [2.75, 3.05) is 40.5 Å². The maximum atomic E-state index is 11.1. The largest absolute Gasteiger partial charge is 0.493 e. The zero-order valence-corrected chi connectivity index (χ0v) is 22.9. The second kappa shape index (κ2) is 9.22. The molecular formula is C32H41NO5. The quantitative estimate of drug-likeness (QED) is 0.536. The summed E-state index contributed by atoms with van der Waals surface area (Å²) in [5.41, 5.74) is 3.26. The second-order valence-electron chi connectivity index (χ2n) is 12.6. The van der Waals surface area contributed by atoms with Crippen LogP contribution in [0.5, 0.6) is 11.5 Å². The molecule has 2 aromatic rings. The van der Waals surface area contributed by atoms with Crippen molar-refractivity contribution in [2.24, 2.45) is 23.2 Å². The zero-order chi connectivity index (χ0) is 26.1.